The predicted octanol–water partition coefficient (Wildman–Crippen LogP) is 1.33. The maximum Gasteiger partial charge on any atom is 0.221 e. The summed E-state index contributed by atoms with van der Waals surface area (Å²) in [6.07, 6.45) is 4.97. The zero-order chi connectivity index (χ0) is 12.3. The van der Waals surface area contributed by atoms with Crippen LogP contribution in [0.4, 0.5) is 5.82 Å². The fraction of sp³-hybridized carbons (Fsp3) is 0.667. The van der Waals surface area contributed by atoms with E-state index in [4.69, 9.17) is 10.5 Å². The van der Waals surface area contributed by atoms with Crippen LogP contribution in [0.5, 0.6) is 5.88 Å². The molecular weight excluding hydrogens is 216 g/mol. The molecule has 0 saturated heterocycles. The molecule has 0 aromatic carbocycles. The van der Waals surface area contributed by atoms with E-state index in [1.807, 2.05) is 6.92 Å². The lowest BCUT2D eigenvalue weighted by Crippen LogP contribution is -2.18. The van der Waals surface area contributed by atoms with Crippen molar-refractivity contribution in [2.75, 3.05) is 19.0 Å². The van der Waals surface area contributed by atoms with E-state index >= 15 is 0 Å². The Bertz CT molecular complexity index is 383. The summed E-state index contributed by atoms with van der Waals surface area (Å²) in [4.78, 5) is 8.29. The summed E-state index contributed by atoms with van der Waals surface area (Å²) in [5.41, 5.74) is 6.85. The van der Waals surface area contributed by atoms with Gasteiger partial charge in [-0.3, -0.25) is 0 Å². The zero-order valence-corrected chi connectivity index (χ0v) is 10.4. The minimum atomic E-state index is 0.378. The second kappa shape index (κ2) is 5.31. The van der Waals surface area contributed by atoms with Crippen molar-refractivity contribution in [1.82, 2.24) is 9.97 Å². The number of anilines is 1. The number of nitrogens with zero attached hydrogens (tertiary/aromatic N) is 2. The SMILES string of the molecule is COc1ncnc(NCC2CCC(N)C2)c1C. The van der Waals surface area contributed by atoms with Gasteiger partial charge in [0.25, 0.3) is 0 Å². The topological polar surface area (TPSA) is 73.1 Å². The van der Waals surface area contributed by atoms with E-state index in [0.717, 1.165) is 30.8 Å². The van der Waals surface area contributed by atoms with Crippen LogP contribution in [0.25, 0.3) is 0 Å². The largest absolute Gasteiger partial charge is 0.481 e. The summed E-state index contributed by atoms with van der Waals surface area (Å²) in [5.74, 6) is 2.15. The Kier molecular flexibility index (Phi) is 3.78. The molecule has 0 amide bonds. The van der Waals surface area contributed by atoms with Crippen LogP contribution in [0, 0.1) is 12.8 Å². The summed E-state index contributed by atoms with van der Waals surface area (Å²) in [5, 5.41) is 3.36. The second-order valence-corrected chi connectivity index (χ2v) is 4.68. The van der Waals surface area contributed by atoms with Gasteiger partial charge in [-0.05, 0) is 32.1 Å². The first-order chi connectivity index (χ1) is 8.20. The third-order valence-electron chi connectivity index (χ3n) is 3.37. The minimum Gasteiger partial charge on any atom is -0.481 e. The van der Waals surface area contributed by atoms with Crippen LogP contribution in [0.3, 0.4) is 0 Å². The van der Waals surface area contributed by atoms with Gasteiger partial charge < -0.3 is 15.8 Å². The molecule has 5 nitrogen and oxygen atoms in total. The lowest BCUT2D eigenvalue weighted by atomic mass is 10.1. The van der Waals surface area contributed by atoms with Gasteiger partial charge in [0, 0.05) is 12.6 Å². The molecule has 0 bridgehead atoms. The summed E-state index contributed by atoms with van der Waals surface area (Å²) < 4.78 is 5.16. The molecule has 3 N–H and O–H groups in total. The summed E-state index contributed by atoms with van der Waals surface area (Å²) in [6.45, 7) is 2.89. The third kappa shape index (κ3) is 2.85. The molecule has 2 atom stereocenters. The molecule has 1 aliphatic carbocycles. The van der Waals surface area contributed by atoms with Crippen LogP contribution in [-0.4, -0.2) is 29.7 Å². The first-order valence-electron chi connectivity index (χ1n) is 6.05. The maximum absolute atomic E-state index is 5.90. The average Bonchev–Trinajstić information content (AvgIpc) is 2.74. The molecule has 2 unspecified atom stereocenters. The summed E-state index contributed by atoms with van der Waals surface area (Å²) in [7, 11) is 1.62. The molecule has 1 fully saturated rings. The highest BCUT2D eigenvalue weighted by atomic mass is 16.5. The molecule has 2 rings (SSSR count). The van der Waals surface area contributed by atoms with E-state index in [1.54, 1.807) is 7.11 Å². The first-order valence-corrected chi connectivity index (χ1v) is 6.05. The average molecular weight is 236 g/mol. The molecule has 0 radical (unpaired) electrons. The van der Waals surface area contributed by atoms with E-state index in [1.165, 1.54) is 12.7 Å². The second-order valence-electron chi connectivity index (χ2n) is 4.68. The minimum absolute atomic E-state index is 0.378. The molecule has 0 aliphatic heterocycles. The van der Waals surface area contributed by atoms with Gasteiger partial charge in [-0.25, -0.2) is 9.97 Å². The Hall–Kier alpha value is -1.36. The van der Waals surface area contributed by atoms with Crippen LogP contribution in [0.2, 0.25) is 0 Å². The monoisotopic (exact) mass is 236 g/mol. The van der Waals surface area contributed by atoms with Gasteiger partial charge in [-0.2, -0.15) is 0 Å². The van der Waals surface area contributed by atoms with Crippen molar-refractivity contribution in [3.05, 3.63) is 11.9 Å². The van der Waals surface area contributed by atoms with Gasteiger partial charge in [0.1, 0.15) is 12.1 Å². The number of ether oxygens (including phenoxy) is 1. The molecule has 5 heteroatoms. The highest BCUT2D eigenvalue weighted by molar-refractivity contribution is 5.47. The molecule has 1 heterocycles. The highest BCUT2D eigenvalue weighted by Crippen LogP contribution is 2.25. The van der Waals surface area contributed by atoms with Gasteiger partial charge in [0.2, 0.25) is 5.88 Å². The molecule has 1 aromatic rings. The Morgan fingerprint density at radius 3 is 2.94 bits per heavy atom. The molecule has 0 spiro atoms. The lowest BCUT2D eigenvalue weighted by Gasteiger charge is -2.14. The predicted molar refractivity (Wildman–Crippen MR) is 67.1 cm³/mol. The maximum atomic E-state index is 5.90. The quantitative estimate of drug-likeness (QED) is 0.825. The summed E-state index contributed by atoms with van der Waals surface area (Å²) in [6, 6.07) is 0.378. The van der Waals surface area contributed by atoms with Crippen LogP contribution in [0.1, 0.15) is 24.8 Å². The van der Waals surface area contributed by atoms with Crippen molar-refractivity contribution < 1.29 is 4.74 Å². The molecule has 17 heavy (non-hydrogen) atoms. The van der Waals surface area contributed by atoms with Crippen LogP contribution < -0.4 is 15.8 Å². The normalized spacial score (nSPS) is 23.7. The fourth-order valence-corrected chi connectivity index (χ4v) is 2.36. The number of hydrogen-bond donors (Lipinski definition) is 2. The number of rotatable bonds is 4. The van der Waals surface area contributed by atoms with E-state index in [0.29, 0.717) is 17.8 Å². The van der Waals surface area contributed by atoms with E-state index in [-0.39, 0.29) is 0 Å². The van der Waals surface area contributed by atoms with Crippen molar-refractivity contribution in [1.29, 1.82) is 0 Å². The van der Waals surface area contributed by atoms with Gasteiger partial charge in [0.05, 0.1) is 12.7 Å². The van der Waals surface area contributed by atoms with E-state index in [9.17, 15) is 0 Å². The van der Waals surface area contributed by atoms with E-state index < -0.39 is 0 Å². The molecule has 1 aliphatic rings. The van der Waals surface area contributed by atoms with Crippen LogP contribution in [0.15, 0.2) is 6.33 Å². The zero-order valence-electron chi connectivity index (χ0n) is 10.4. The number of nitrogens with one attached hydrogen (secondary N) is 1. The smallest absolute Gasteiger partial charge is 0.221 e. The number of nitrogens with two attached hydrogens (primary N) is 1. The number of hydrogen-bond acceptors (Lipinski definition) is 5. The highest BCUT2D eigenvalue weighted by Gasteiger charge is 2.21. The fourth-order valence-electron chi connectivity index (χ4n) is 2.36. The lowest BCUT2D eigenvalue weighted by molar-refractivity contribution is 0.393. The molecular formula is C12H20N4O. The van der Waals surface area contributed by atoms with Crippen molar-refractivity contribution >= 4 is 5.82 Å². The van der Waals surface area contributed by atoms with Gasteiger partial charge >= 0.3 is 0 Å². The van der Waals surface area contributed by atoms with Crippen LogP contribution in [-0.2, 0) is 0 Å². The Balaban J connectivity index is 1.95. The Labute approximate surface area is 102 Å². The van der Waals surface area contributed by atoms with Gasteiger partial charge in [-0.15, -0.1) is 0 Å². The molecule has 1 saturated carbocycles. The van der Waals surface area contributed by atoms with Crippen molar-refractivity contribution in [3.8, 4) is 5.88 Å². The van der Waals surface area contributed by atoms with Crippen LogP contribution >= 0.6 is 0 Å². The van der Waals surface area contributed by atoms with E-state index in [2.05, 4.69) is 15.3 Å². The Morgan fingerprint density at radius 1 is 1.47 bits per heavy atom. The van der Waals surface area contributed by atoms with Crippen molar-refractivity contribution in [2.45, 2.75) is 32.2 Å². The number of methoxy groups -OCH3 is 1. The van der Waals surface area contributed by atoms with Gasteiger partial charge in [0.15, 0.2) is 0 Å². The van der Waals surface area contributed by atoms with Crippen molar-refractivity contribution in [2.24, 2.45) is 11.7 Å². The molecule has 94 valence electrons. The Morgan fingerprint density at radius 2 is 2.29 bits per heavy atom. The number of aromatic nitrogens is 2. The standard InChI is InChI=1S/C12H20N4O/c1-8-11(15-7-16-12(8)17-2)14-6-9-3-4-10(13)5-9/h7,9-10H,3-6,13H2,1-2H3,(H,14,15,16). The summed E-state index contributed by atoms with van der Waals surface area (Å²) >= 11 is 0. The first kappa shape index (κ1) is 12.1. The molecule has 1 aromatic heterocycles. The van der Waals surface area contributed by atoms with Crippen molar-refractivity contribution in [3.63, 3.8) is 0 Å². The third-order valence-corrected chi connectivity index (χ3v) is 3.37. The van der Waals surface area contributed by atoms with Gasteiger partial charge in [-0.1, -0.05) is 0 Å².